The molecule has 1 aromatic rings. The summed E-state index contributed by atoms with van der Waals surface area (Å²) in [6, 6.07) is 6.08. The van der Waals surface area contributed by atoms with E-state index in [1.54, 1.807) is 0 Å². The van der Waals surface area contributed by atoms with Gasteiger partial charge in [0.1, 0.15) is 0 Å². The van der Waals surface area contributed by atoms with E-state index in [1.807, 2.05) is 12.1 Å². The molecule has 0 saturated heterocycles. The minimum atomic E-state index is 0.222. The van der Waals surface area contributed by atoms with Crippen molar-refractivity contribution in [2.75, 3.05) is 11.9 Å². The molecule has 1 N–H and O–H groups in total. The van der Waals surface area contributed by atoms with Crippen LogP contribution in [0.3, 0.4) is 0 Å². The average Bonchev–Trinajstić information content (AvgIpc) is 2.30. The maximum Gasteiger partial charge on any atom is 0.0640 e. The molecule has 0 aromatic heterocycles. The highest BCUT2D eigenvalue weighted by atomic mass is 35.5. The van der Waals surface area contributed by atoms with Crippen LogP contribution in [0.15, 0.2) is 18.2 Å². The second-order valence-corrected chi connectivity index (χ2v) is 4.31. The highest BCUT2D eigenvalue weighted by Crippen LogP contribution is 2.39. The van der Waals surface area contributed by atoms with E-state index in [9.17, 15) is 0 Å². The summed E-state index contributed by atoms with van der Waals surface area (Å²) < 4.78 is 0. The third kappa shape index (κ3) is 1.00. The lowest BCUT2D eigenvalue weighted by molar-refractivity contribution is 0.586. The molecule has 0 spiro atoms. The smallest absolute Gasteiger partial charge is 0.0640 e. The molecule has 1 aliphatic heterocycles. The Hall–Kier alpha value is -0.690. The van der Waals surface area contributed by atoms with E-state index < -0.39 is 0 Å². The van der Waals surface area contributed by atoms with Crippen LogP contribution in [-0.4, -0.2) is 6.54 Å². The van der Waals surface area contributed by atoms with Gasteiger partial charge in [-0.25, -0.2) is 0 Å². The average molecular weight is 182 g/mol. The summed E-state index contributed by atoms with van der Waals surface area (Å²) in [6.07, 6.45) is 0. The van der Waals surface area contributed by atoms with Gasteiger partial charge >= 0.3 is 0 Å². The number of anilines is 1. The van der Waals surface area contributed by atoms with Crippen molar-refractivity contribution in [3.8, 4) is 0 Å². The third-order valence-corrected chi connectivity index (χ3v) is 2.76. The molecule has 0 bridgehead atoms. The van der Waals surface area contributed by atoms with Crippen LogP contribution in [0, 0.1) is 0 Å². The predicted octanol–water partition coefficient (Wildman–Crippen LogP) is 3.04. The first-order valence-corrected chi connectivity index (χ1v) is 4.52. The first-order valence-electron chi connectivity index (χ1n) is 4.14. The molecule has 2 rings (SSSR count). The van der Waals surface area contributed by atoms with Gasteiger partial charge in [0.15, 0.2) is 0 Å². The van der Waals surface area contributed by atoms with E-state index in [4.69, 9.17) is 11.6 Å². The highest BCUT2D eigenvalue weighted by Gasteiger charge is 2.30. The van der Waals surface area contributed by atoms with Gasteiger partial charge in [0.25, 0.3) is 0 Å². The molecule has 0 atom stereocenters. The van der Waals surface area contributed by atoms with E-state index in [-0.39, 0.29) is 5.41 Å². The molecule has 0 amide bonds. The minimum absolute atomic E-state index is 0.222. The molecule has 12 heavy (non-hydrogen) atoms. The Bertz CT molecular complexity index is 318. The Kier molecular flexibility index (Phi) is 1.58. The number of halogens is 1. The van der Waals surface area contributed by atoms with Gasteiger partial charge in [0.2, 0.25) is 0 Å². The van der Waals surface area contributed by atoms with Crippen LogP contribution in [0.25, 0.3) is 0 Å². The summed E-state index contributed by atoms with van der Waals surface area (Å²) in [7, 11) is 0. The van der Waals surface area contributed by atoms with Crippen molar-refractivity contribution in [1.82, 2.24) is 0 Å². The maximum absolute atomic E-state index is 6.03. The van der Waals surface area contributed by atoms with Crippen molar-refractivity contribution in [3.63, 3.8) is 0 Å². The van der Waals surface area contributed by atoms with Crippen LogP contribution in [0.1, 0.15) is 19.4 Å². The molecule has 1 nitrogen and oxygen atoms in total. The summed E-state index contributed by atoms with van der Waals surface area (Å²) in [6.45, 7) is 5.43. The summed E-state index contributed by atoms with van der Waals surface area (Å²) in [5, 5.41) is 4.16. The number of para-hydroxylation sites is 1. The van der Waals surface area contributed by atoms with Crippen LogP contribution in [0.5, 0.6) is 0 Å². The standard InChI is InChI=1S/C10H12ClN/c1-10(2)6-12-9-7(10)4-3-5-8(9)11/h3-5,12H,6H2,1-2H3. The second kappa shape index (κ2) is 2.40. The Morgan fingerprint density at radius 2 is 2.17 bits per heavy atom. The van der Waals surface area contributed by atoms with Gasteiger partial charge < -0.3 is 5.32 Å². The number of hydrogen-bond acceptors (Lipinski definition) is 1. The highest BCUT2D eigenvalue weighted by molar-refractivity contribution is 6.33. The summed E-state index contributed by atoms with van der Waals surface area (Å²) in [4.78, 5) is 0. The molecule has 2 heteroatoms. The van der Waals surface area contributed by atoms with Crippen LogP contribution in [0.4, 0.5) is 5.69 Å². The zero-order chi connectivity index (χ0) is 8.77. The molecule has 0 aliphatic carbocycles. The quantitative estimate of drug-likeness (QED) is 0.649. The number of benzene rings is 1. The Labute approximate surface area is 77.7 Å². The first kappa shape index (κ1) is 7.93. The molecule has 0 saturated carbocycles. The van der Waals surface area contributed by atoms with E-state index in [0.29, 0.717) is 0 Å². The number of hydrogen-bond donors (Lipinski definition) is 1. The van der Waals surface area contributed by atoms with Crippen LogP contribution in [-0.2, 0) is 5.41 Å². The molecule has 0 radical (unpaired) electrons. The van der Waals surface area contributed by atoms with Gasteiger partial charge in [-0.1, -0.05) is 37.6 Å². The van der Waals surface area contributed by atoms with Crippen LogP contribution < -0.4 is 5.32 Å². The Balaban J connectivity index is 2.61. The summed E-state index contributed by atoms with van der Waals surface area (Å²) in [5.74, 6) is 0. The Morgan fingerprint density at radius 1 is 1.42 bits per heavy atom. The fourth-order valence-electron chi connectivity index (χ4n) is 1.67. The zero-order valence-corrected chi connectivity index (χ0v) is 8.07. The topological polar surface area (TPSA) is 12.0 Å². The largest absolute Gasteiger partial charge is 0.383 e. The first-order chi connectivity index (χ1) is 5.61. The van der Waals surface area contributed by atoms with E-state index in [2.05, 4.69) is 25.2 Å². The molecule has 1 aliphatic rings. The third-order valence-electron chi connectivity index (χ3n) is 2.45. The second-order valence-electron chi connectivity index (χ2n) is 3.90. The lowest BCUT2D eigenvalue weighted by Crippen LogP contribution is -2.18. The minimum Gasteiger partial charge on any atom is -0.383 e. The fourth-order valence-corrected chi connectivity index (χ4v) is 1.91. The van der Waals surface area contributed by atoms with E-state index >= 15 is 0 Å². The number of nitrogens with one attached hydrogen (secondary N) is 1. The van der Waals surface area contributed by atoms with Crippen molar-refractivity contribution in [2.45, 2.75) is 19.3 Å². The van der Waals surface area contributed by atoms with Crippen molar-refractivity contribution in [3.05, 3.63) is 28.8 Å². The lowest BCUT2D eigenvalue weighted by atomic mass is 9.87. The van der Waals surface area contributed by atoms with Gasteiger partial charge in [-0.3, -0.25) is 0 Å². The summed E-state index contributed by atoms with van der Waals surface area (Å²) in [5.41, 5.74) is 2.67. The predicted molar refractivity (Wildman–Crippen MR) is 53.0 cm³/mol. The Morgan fingerprint density at radius 3 is 2.83 bits per heavy atom. The molecular weight excluding hydrogens is 170 g/mol. The van der Waals surface area contributed by atoms with Gasteiger partial charge in [0.05, 0.1) is 10.7 Å². The molecule has 64 valence electrons. The molecule has 1 aromatic carbocycles. The van der Waals surface area contributed by atoms with E-state index in [0.717, 1.165) is 17.3 Å². The molecule has 0 unspecified atom stereocenters. The van der Waals surface area contributed by atoms with Crippen molar-refractivity contribution in [2.24, 2.45) is 0 Å². The lowest BCUT2D eigenvalue weighted by Gasteiger charge is -2.16. The van der Waals surface area contributed by atoms with E-state index in [1.165, 1.54) is 5.56 Å². The SMILES string of the molecule is CC1(C)CNc2c(Cl)cccc21. The monoisotopic (exact) mass is 181 g/mol. The molecule has 1 heterocycles. The molecular formula is C10H12ClN. The number of rotatable bonds is 0. The summed E-state index contributed by atoms with van der Waals surface area (Å²) >= 11 is 6.03. The normalized spacial score (nSPS) is 18.6. The van der Waals surface area contributed by atoms with Crippen molar-refractivity contribution >= 4 is 17.3 Å². The maximum atomic E-state index is 6.03. The number of fused-ring (bicyclic) bond motifs is 1. The van der Waals surface area contributed by atoms with Crippen molar-refractivity contribution < 1.29 is 0 Å². The van der Waals surface area contributed by atoms with Crippen LogP contribution in [0.2, 0.25) is 5.02 Å². The van der Waals surface area contributed by atoms with Gasteiger partial charge in [-0.15, -0.1) is 0 Å². The fraction of sp³-hybridized carbons (Fsp3) is 0.400. The van der Waals surface area contributed by atoms with Gasteiger partial charge in [0, 0.05) is 12.0 Å². The molecule has 0 fully saturated rings. The zero-order valence-electron chi connectivity index (χ0n) is 7.32. The van der Waals surface area contributed by atoms with Gasteiger partial charge in [-0.05, 0) is 11.6 Å². The van der Waals surface area contributed by atoms with Gasteiger partial charge in [-0.2, -0.15) is 0 Å². The van der Waals surface area contributed by atoms with Crippen molar-refractivity contribution in [1.29, 1.82) is 0 Å². The van der Waals surface area contributed by atoms with Crippen LogP contribution >= 0.6 is 11.6 Å².